The number of hydrogen-bond donors (Lipinski definition) is 2. The summed E-state index contributed by atoms with van der Waals surface area (Å²) in [7, 11) is 4.27. The first-order valence-corrected chi connectivity index (χ1v) is 7.94. The molecule has 112 valence electrons. The Bertz CT molecular complexity index is 297. The predicted octanol–water partition coefficient (Wildman–Crippen LogP) is 2.25. The fourth-order valence-corrected chi connectivity index (χ4v) is 4.50. The fraction of sp³-hybridized carbons (Fsp3) is 1.00. The van der Waals surface area contributed by atoms with Gasteiger partial charge in [0.15, 0.2) is 0 Å². The molecule has 2 aliphatic carbocycles. The van der Waals surface area contributed by atoms with Gasteiger partial charge in [-0.05, 0) is 51.1 Å². The zero-order valence-electron chi connectivity index (χ0n) is 13.2. The van der Waals surface area contributed by atoms with E-state index in [2.05, 4.69) is 38.2 Å². The van der Waals surface area contributed by atoms with Gasteiger partial charge in [-0.15, -0.1) is 0 Å². The smallest absolute Gasteiger partial charge is 0.0774 e. The first kappa shape index (κ1) is 15.3. The fourth-order valence-electron chi connectivity index (χ4n) is 4.50. The molecule has 2 N–H and O–H groups in total. The van der Waals surface area contributed by atoms with E-state index in [0.717, 1.165) is 31.8 Å². The molecule has 0 radical (unpaired) electrons. The van der Waals surface area contributed by atoms with Crippen molar-refractivity contribution in [2.75, 3.05) is 27.2 Å². The van der Waals surface area contributed by atoms with Crippen molar-refractivity contribution < 1.29 is 5.11 Å². The minimum absolute atomic E-state index is 0.405. The summed E-state index contributed by atoms with van der Waals surface area (Å²) in [4.78, 5) is 2.36. The van der Waals surface area contributed by atoms with Crippen LogP contribution in [0, 0.1) is 11.3 Å². The molecule has 0 heterocycles. The van der Waals surface area contributed by atoms with E-state index in [-0.39, 0.29) is 0 Å². The second-order valence-electron chi connectivity index (χ2n) is 7.68. The third-order valence-corrected chi connectivity index (χ3v) is 5.43. The average molecular weight is 268 g/mol. The van der Waals surface area contributed by atoms with E-state index < -0.39 is 5.60 Å². The van der Waals surface area contributed by atoms with Gasteiger partial charge in [0.05, 0.1) is 5.60 Å². The van der Waals surface area contributed by atoms with E-state index in [1.54, 1.807) is 0 Å². The van der Waals surface area contributed by atoms with Gasteiger partial charge in [-0.2, -0.15) is 0 Å². The highest BCUT2D eigenvalue weighted by Crippen LogP contribution is 2.41. The molecule has 2 fully saturated rings. The topological polar surface area (TPSA) is 35.5 Å². The largest absolute Gasteiger partial charge is 0.389 e. The number of likely N-dealkylation sites (N-methyl/N-ethyl adjacent to an activating group) is 1. The summed E-state index contributed by atoms with van der Waals surface area (Å²) < 4.78 is 0. The Kier molecular flexibility index (Phi) is 4.59. The molecule has 0 aliphatic heterocycles. The Hall–Kier alpha value is -0.120. The van der Waals surface area contributed by atoms with Crippen molar-refractivity contribution >= 4 is 0 Å². The Morgan fingerprint density at radius 3 is 2.42 bits per heavy atom. The van der Waals surface area contributed by atoms with Crippen LogP contribution in [0.15, 0.2) is 0 Å². The maximum absolute atomic E-state index is 10.5. The molecule has 0 amide bonds. The lowest BCUT2D eigenvalue weighted by molar-refractivity contribution is 0.0116. The Balaban J connectivity index is 1.87. The summed E-state index contributed by atoms with van der Waals surface area (Å²) in [6, 6.07) is 0.605. The molecule has 0 aromatic carbocycles. The second-order valence-corrected chi connectivity index (χ2v) is 7.68. The van der Waals surface area contributed by atoms with E-state index in [9.17, 15) is 5.11 Å². The lowest BCUT2D eigenvalue weighted by atomic mass is 9.85. The molecule has 2 aliphatic rings. The van der Waals surface area contributed by atoms with E-state index >= 15 is 0 Å². The Labute approximate surface area is 118 Å². The van der Waals surface area contributed by atoms with E-state index in [1.165, 1.54) is 25.7 Å². The van der Waals surface area contributed by atoms with Crippen LogP contribution >= 0.6 is 0 Å². The summed E-state index contributed by atoms with van der Waals surface area (Å²) in [6.07, 6.45) is 6.98. The van der Waals surface area contributed by atoms with Crippen LogP contribution in [0.1, 0.15) is 52.4 Å². The van der Waals surface area contributed by atoms with Crippen LogP contribution in [-0.2, 0) is 0 Å². The molecule has 2 atom stereocenters. The number of hydrogen-bond acceptors (Lipinski definition) is 3. The first-order chi connectivity index (χ1) is 8.86. The van der Waals surface area contributed by atoms with Gasteiger partial charge in [-0.1, -0.05) is 26.7 Å². The van der Waals surface area contributed by atoms with E-state index in [4.69, 9.17) is 0 Å². The molecule has 2 saturated carbocycles. The van der Waals surface area contributed by atoms with Crippen molar-refractivity contribution in [2.45, 2.75) is 64.0 Å². The monoisotopic (exact) mass is 268 g/mol. The van der Waals surface area contributed by atoms with Gasteiger partial charge in [-0.25, -0.2) is 0 Å². The summed E-state index contributed by atoms with van der Waals surface area (Å²) in [5, 5.41) is 14.0. The van der Waals surface area contributed by atoms with Crippen LogP contribution in [0.3, 0.4) is 0 Å². The van der Waals surface area contributed by atoms with Crippen LogP contribution in [0.5, 0.6) is 0 Å². The maximum atomic E-state index is 10.5. The van der Waals surface area contributed by atoms with E-state index in [1.807, 2.05) is 0 Å². The maximum Gasteiger partial charge on any atom is 0.0774 e. The van der Waals surface area contributed by atoms with Gasteiger partial charge in [0, 0.05) is 19.1 Å². The van der Waals surface area contributed by atoms with Crippen molar-refractivity contribution in [3.05, 3.63) is 0 Å². The highest BCUT2D eigenvalue weighted by Gasteiger charge is 2.41. The number of rotatable bonds is 5. The van der Waals surface area contributed by atoms with Gasteiger partial charge < -0.3 is 15.3 Å². The predicted molar refractivity (Wildman–Crippen MR) is 80.3 cm³/mol. The lowest BCUT2D eigenvalue weighted by Crippen LogP contribution is -2.46. The third-order valence-electron chi connectivity index (χ3n) is 5.43. The highest BCUT2D eigenvalue weighted by molar-refractivity contribution is 4.97. The van der Waals surface area contributed by atoms with Crippen LogP contribution in [0.2, 0.25) is 0 Å². The number of aliphatic hydroxyl groups is 1. The van der Waals surface area contributed by atoms with Crippen molar-refractivity contribution in [1.29, 1.82) is 0 Å². The lowest BCUT2D eigenvalue weighted by Gasteiger charge is -2.34. The van der Waals surface area contributed by atoms with Gasteiger partial charge in [0.25, 0.3) is 0 Å². The molecular formula is C16H32N2O. The minimum atomic E-state index is -0.405. The van der Waals surface area contributed by atoms with Crippen LogP contribution in [0.4, 0.5) is 0 Å². The first-order valence-electron chi connectivity index (χ1n) is 7.94. The molecule has 3 nitrogen and oxygen atoms in total. The Morgan fingerprint density at radius 1 is 1.21 bits per heavy atom. The zero-order chi connectivity index (χ0) is 14.1. The van der Waals surface area contributed by atoms with Crippen molar-refractivity contribution in [1.82, 2.24) is 10.2 Å². The molecule has 0 aromatic heterocycles. The summed E-state index contributed by atoms with van der Waals surface area (Å²) in [5.74, 6) is 0.718. The van der Waals surface area contributed by atoms with Crippen LogP contribution in [-0.4, -0.2) is 48.8 Å². The normalized spacial score (nSPS) is 33.2. The molecule has 2 rings (SSSR count). The van der Waals surface area contributed by atoms with Crippen molar-refractivity contribution in [3.63, 3.8) is 0 Å². The molecule has 0 spiro atoms. The molecular weight excluding hydrogens is 236 g/mol. The zero-order valence-corrected chi connectivity index (χ0v) is 13.2. The van der Waals surface area contributed by atoms with Crippen molar-refractivity contribution in [2.24, 2.45) is 11.3 Å². The van der Waals surface area contributed by atoms with Crippen molar-refractivity contribution in [3.8, 4) is 0 Å². The SMILES string of the molecule is CNC1C(CN(C)CC2(O)CCCC2)CCC1(C)C. The second kappa shape index (κ2) is 5.71. The van der Waals surface area contributed by atoms with Gasteiger partial charge in [0.1, 0.15) is 0 Å². The van der Waals surface area contributed by atoms with Crippen LogP contribution < -0.4 is 5.32 Å². The molecule has 0 bridgehead atoms. The third kappa shape index (κ3) is 3.50. The molecule has 3 heteroatoms. The quantitative estimate of drug-likeness (QED) is 0.803. The molecule has 0 aromatic rings. The molecule has 19 heavy (non-hydrogen) atoms. The summed E-state index contributed by atoms with van der Waals surface area (Å²) in [6.45, 7) is 6.70. The molecule has 2 unspecified atom stereocenters. The Morgan fingerprint density at radius 2 is 1.84 bits per heavy atom. The summed E-state index contributed by atoms with van der Waals surface area (Å²) >= 11 is 0. The van der Waals surface area contributed by atoms with Gasteiger partial charge >= 0.3 is 0 Å². The number of nitrogens with one attached hydrogen (secondary N) is 1. The number of nitrogens with zero attached hydrogens (tertiary/aromatic N) is 1. The van der Waals surface area contributed by atoms with Gasteiger partial charge in [-0.3, -0.25) is 0 Å². The minimum Gasteiger partial charge on any atom is -0.389 e. The van der Waals surface area contributed by atoms with Crippen LogP contribution in [0.25, 0.3) is 0 Å². The van der Waals surface area contributed by atoms with Gasteiger partial charge in [0.2, 0.25) is 0 Å². The standard InChI is InChI=1S/C16H32N2O/c1-15(2)10-7-13(14(15)17-3)11-18(4)12-16(19)8-5-6-9-16/h13-14,17,19H,5-12H2,1-4H3. The average Bonchev–Trinajstić information content (AvgIpc) is 2.83. The highest BCUT2D eigenvalue weighted by atomic mass is 16.3. The summed E-state index contributed by atoms with van der Waals surface area (Å²) in [5.41, 5.74) is 0.00251. The molecule has 0 saturated heterocycles. The van der Waals surface area contributed by atoms with E-state index in [0.29, 0.717) is 11.5 Å².